The van der Waals surface area contributed by atoms with Crippen LogP contribution >= 0.6 is 0 Å². The van der Waals surface area contributed by atoms with E-state index in [0.717, 1.165) is 22.5 Å². The van der Waals surface area contributed by atoms with E-state index in [4.69, 9.17) is 37.9 Å². The predicted molar refractivity (Wildman–Crippen MR) is 163 cm³/mol. The van der Waals surface area contributed by atoms with Crippen molar-refractivity contribution < 1.29 is 57.1 Å². The van der Waals surface area contributed by atoms with Gasteiger partial charge in [0, 0.05) is 11.4 Å². The van der Waals surface area contributed by atoms with Gasteiger partial charge in [-0.2, -0.15) is 0 Å². The van der Waals surface area contributed by atoms with Gasteiger partial charge in [-0.1, -0.05) is 24.3 Å². The van der Waals surface area contributed by atoms with E-state index in [9.17, 15) is 19.2 Å². The van der Waals surface area contributed by atoms with Gasteiger partial charge in [-0.05, 0) is 69.5 Å². The second kappa shape index (κ2) is 13.5. The summed E-state index contributed by atoms with van der Waals surface area (Å²) in [6.45, 7) is 8.28. The van der Waals surface area contributed by atoms with Crippen molar-refractivity contribution in [1.82, 2.24) is 0 Å². The Bertz CT molecular complexity index is 1290. The Hall–Kier alpha value is -4.88. The molecule has 8 atom stereocenters. The van der Waals surface area contributed by atoms with Gasteiger partial charge in [0.15, 0.2) is 24.4 Å². The van der Waals surface area contributed by atoms with Crippen LogP contribution < -0.4 is 9.80 Å². The third-order valence-electron chi connectivity index (χ3n) is 9.24. The van der Waals surface area contributed by atoms with E-state index >= 15 is 0 Å². The molecule has 4 saturated heterocycles. The lowest BCUT2D eigenvalue weighted by Gasteiger charge is -2.39. The number of hydrogen-bond donors (Lipinski definition) is 0. The lowest BCUT2D eigenvalue weighted by atomic mass is 10.0. The van der Waals surface area contributed by atoms with Crippen molar-refractivity contribution in [3.05, 3.63) is 59.7 Å². The third kappa shape index (κ3) is 6.96. The van der Waals surface area contributed by atoms with E-state index in [1.165, 1.54) is 0 Å². The van der Waals surface area contributed by atoms with E-state index in [2.05, 4.69) is 9.80 Å². The highest BCUT2D eigenvalue weighted by molar-refractivity contribution is 5.64. The molecule has 0 aromatic heterocycles. The maximum atomic E-state index is 11.7. The molecule has 4 aliphatic rings. The zero-order chi connectivity index (χ0) is 33.2. The molecule has 4 aliphatic heterocycles. The fraction of sp³-hybridized carbons (Fsp3) is 0.515. The molecule has 0 saturated carbocycles. The van der Waals surface area contributed by atoms with Crippen LogP contribution in [0.25, 0.3) is 0 Å². The SMILES string of the molecule is CC(C1COC(=O)O1)N(c1ccc(Cc2ccc(N(C(C)C3COC(=O)O3)C(C)C3COC(=O)O3)cc2)cc1)C(C)C1COC(=O)O1. The second-order valence-electron chi connectivity index (χ2n) is 12.2. The van der Waals surface area contributed by atoms with Crippen LogP contribution in [0.2, 0.25) is 0 Å². The zero-order valence-electron chi connectivity index (χ0n) is 26.6. The van der Waals surface area contributed by atoms with Gasteiger partial charge in [0.1, 0.15) is 26.4 Å². The van der Waals surface area contributed by atoms with Gasteiger partial charge in [0.05, 0.1) is 24.2 Å². The minimum Gasteiger partial charge on any atom is -0.430 e. The van der Waals surface area contributed by atoms with Crippen molar-refractivity contribution >= 4 is 36.0 Å². The minimum atomic E-state index is -0.703. The predicted octanol–water partition coefficient (Wildman–Crippen LogP) is 4.59. The van der Waals surface area contributed by atoms with E-state index < -0.39 is 49.0 Å². The van der Waals surface area contributed by atoms with Gasteiger partial charge >= 0.3 is 24.6 Å². The van der Waals surface area contributed by atoms with Crippen molar-refractivity contribution in [2.24, 2.45) is 0 Å². The summed E-state index contributed by atoms with van der Waals surface area (Å²) in [6, 6.07) is 15.0. The van der Waals surface area contributed by atoms with E-state index in [-0.39, 0.29) is 50.6 Å². The molecule has 252 valence electrons. The fourth-order valence-electron chi connectivity index (χ4n) is 6.52. The molecule has 4 fully saturated rings. The van der Waals surface area contributed by atoms with E-state index in [0.29, 0.717) is 6.42 Å². The molecule has 2 aromatic carbocycles. The first-order valence-corrected chi connectivity index (χ1v) is 15.7. The highest BCUT2D eigenvalue weighted by Crippen LogP contribution is 2.31. The summed E-state index contributed by atoms with van der Waals surface area (Å²) in [5.41, 5.74) is 3.86. The molecule has 8 unspecified atom stereocenters. The number of benzene rings is 2. The van der Waals surface area contributed by atoms with Gasteiger partial charge in [-0.15, -0.1) is 0 Å². The van der Waals surface area contributed by atoms with Crippen LogP contribution in [0, 0.1) is 0 Å². The number of cyclic esters (lactones) is 8. The first-order valence-electron chi connectivity index (χ1n) is 15.7. The fourth-order valence-corrected chi connectivity index (χ4v) is 6.52. The Morgan fingerprint density at radius 1 is 0.489 bits per heavy atom. The number of rotatable bonds is 12. The Labute approximate surface area is 271 Å². The molecule has 0 spiro atoms. The van der Waals surface area contributed by atoms with Crippen molar-refractivity contribution in [3.8, 4) is 0 Å². The van der Waals surface area contributed by atoms with Crippen LogP contribution in [0.4, 0.5) is 30.6 Å². The Morgan fingerprint density at radius 3 is 0.957 bits per heavy atom. The maximum Gasteiger partial charge on any atom is 0.508 e. The van der Waals surface area contributed by atoms with Crippen LogP contribution in [0.5, 0.6) is 0 Å². The smallest absolute Gasteiger partial charge is 0.430 e. The third-order valence-corrected chi connectivity index (χ3v) is 9.24. The van der Waals surface area contributed by atoms with Gasteiger partial charge in [0.2, 0.25) is 0 Å². The number of carbonyl (C=O) groups is 4. The van der Waals surface area contributed by atoms with Crippen molar-refractivity contribution in [2.75, 3.05) is 36.2 Å². The number of anilines is 2. The van der Waals surface area contributed by atoms with Crippen LogP contribution in [0.3, 0.4) is 0 Å². The van der Waals surface area contributed by atoms with Crippen molar-refractivity contribution in [3.63, 3.8) is 0 Å². The summed E-state index contributed by atoms with van der Waals surface area (Å²) in [7, 11) is 0. The summed E-state index contributed by atoms with van der Waals surface area (Å²) in [5, 5.41) is 0. The first kappa shape index (κ1) is 32.1. The average Bonchev–Trinajstić information content (AvgIpc) is 3.88. The molecular weight excluding hydrogens is 616 g/mol. The van der Waals surface area contributed by atoms with Gasteiger partial charge < -0.3 is 47.7 Å². The lowest BCUT2D eigenvalue weighted by molar-refractivity contribution is 0.0988. The largest absolute Gasteiger partial charge is 0.508 e. The van der Waals surface area contributed by atoms with Crippen LogP contribution in [-0.4, -0.2) is 99.6 Å². The molecule has 0 bridgehead atoms. The average molecular weight is 655 g/mol. The lowest BCUT2D eigenvalue weighted by Crippen LogP contribution is -2.52. The molecule has 14 nitrogen and oxygen atoms in total. The number of ether oxygens (including phenoxy) is 8. The molecule has 2 aromatic rings. The summed E-state index contributed by atoms with van der Waals surface area (Å²) >= 11 is 0. The maximum absolute atomic E-state index is 11.7. The highest BCUT2D eigenvalue weighted by Gasteiger charge is 2.42. The Morgan fingerprint density at radius 2 is 0.745 bits per heavy atom. The second-order valence-corrected chi connectivity index (χ2v) is 12.2. The quantitative estimate of drug-likeness (QED) is 0.232. The topological polar surface area (TPSA) is 149 Å². The minimum absolute atomic E-state index is 0.131. The summed E-state index contributed by atoms with van der Waals surface area (Å²) in [5.74, 6) is 0. The molecule has 47 heavy (non-hydrogen) atoms. The molecule has 0 amide bonds. The van der Waals surface area contributed by atoms with Crippen LogP contribution in [0.1, 0.15) is 38.8 Å². The zero-order valence-corrected chi connectivity index (χ0v) is 26.6. The highest BCUT2D eigenvalue weighted by atomic mass is 16.8. The Kier molecular flexibility index (Phi) is 9.19. The van der Waals surface area contributed by atoms with Crippen molar-refractivity contribution in [1.29, 1.82) is 0 Å². The first-order chi connectivity index (χ1) is 22.6. The number of hydrogen-bond acceptors (Lipinski definition) is 14. The molecule has 0 aliphatic carbocycles. The standard InChI is InChI=1S/C33H38N2O12/c1-18(26-14-40-30(36)44-26)34(19(2)27-15-41-31(37)45-27)24-9-5-22(6-10-24)13-23-7-11-25(12-8-23)35(20(3)28-16-42-32(38)46-28)21(4)29-17-43-33(39)47-29/h5-12,18-21,26-29H,13-17H2,1-4H3. The summed E-state index contributed by atoms with van der Waals surface area (Å²) in [6.07, 6.45) is -4.13. The Balaban J connectivity index is 1.18. The summed E-state index contributed by atoms with van der Waals surface area (Å²) in [4.78, 5) is 50.8. The van der Waals surface area contributed by atoms with Gasteiger partial charge in [-0.3, -0.25) is 0 Å². The molecule has 4 heterocycles. The van der Waals surface area contributed by atoms with Crippen LogP contribution in [0.15, 0.2) is 48.5 Å². The normalized spacial score (nSPS) is 26.0. The van der Waals surface area contributed by atoms with Crippen molar-refractivity contribution in [2.45, 2.75) is 82.7 Å². The monoisotopic (exact) mass is 654 g/mol. The number of nitrogens with zero attached hydrogens (tertiary/aromatic N) is 2. The molecule has 0 N–H and O–H groups in total. The van der Waals surface area contributed by atoms with E-state index in [1.54, 1.807) is 0 Å². The van der Waals surface area contributed by atoms with Gasteiger partial charge in [0.25, 0.3) is 0 Å². The molecular formula is C33H38N2O12. The van der Waals surface area contributed by atoms with Gasteiger partial charge in [-0.25, -0.2) is 19.2 Å². The summed E-state index contributed by atoms with van der Waals surface area (Å²) < 4.78 is 41.7. The van der Waals surface area contributed by atoms with Crippen LogP contribution in [-0.2, 0) is 44.3 Å². The molecule has 0 radical (unpaired) electrons. The molecule has 14 heteroatoms. The van der Waals surface area contributed by atoms with E-state index in [1.807, 2.05) is 76.2 Å². The molecule has 6 rings (SSSR count). The number of carbonyl (C=O) groups excluding carboxylic acids is 4.